The summed E-state index contributed by atoms with van der Waals surface area (Å²) in [5.41, 5.74) is 0. The second kappa shape index (κ2) is 8.47. The molecule has 2 aliphatic rings. The lowest BCUT2D eigenvalue weighted by Gasteiger charge is -2.23. The van der Waals surface area contributed by atoms with Crippen LogP contribution in [0.3, 0.4) is 0 Å². The first kappa shape index (κ1) is 17.2. The van der Waals surface area contributed by atoms with Crippen molar-refractivity contribution in [2.45, 2.75) is 57.7 Å². The van der Waals surface area contributed by atoms with Crippen LogP contribution in [0.2, 0.25) is 0 Å². The Balaban J connectivity index is 0.000000347. The Hall–Kier alpha value is -0.810. The van der Waals surface area contributed by atoms with Crippen LogP contribution in [0.1, 0.15) is 39.5 Å². The van der Waals surface area contributed by atoms with Gasteiger partial charge in [-0.15, -0.1) is 0 Å². The number of ether oxygens (including phenoxy) is 2. The molecule has 0 saturated carbocycles. The fourth-order valence-corrected chi connectivity index (χ4v) is 2.68. The maximum atomic E-state index is 11.3. The molecule has 2 atom stereocenters. The molecule has 20 heavy (non-hydrogen) atoms. The van der Waals surface area contributed by atoms with Gasteiger partial charge < -0.3 is 14.4 Å². The first-order chi connectivity index (χ1) is 9.45. The van der Waals surface area contributed by atoms with E-state index in [-0.39, 0.29) is 6.09 Å². The lowest BCUT2D eigenvalue weighted by atomic mass is 10.1. The third-order valence-corrected chi connectivity index (χ3v) is 3.96. The molecule has 5 nitrogen and oxygen atoms in total. The third-order valence-electron chi connectivity index (χ3n) is 3.96. The average Bonchev–Trinajstić information content (AvgIpc) is 2.99. The number of nitrogens with zero attached hydrogens (tertiary/aromatic N) is 2. The second-order valence-corrected chi connectivity index (χ2v) is 6.02. The van der Waals surface area contributed by atoms with E-state index in [9.17, 15) is 4.79 Å². The van der Waals surface area contributed by atoms with E-state index in [0.29, 0.717) is 18.8 Å². The average molecular weight is 286 g/mol. The summed E-state index contributed by atoms with van der Waals surface area (Å²) >= 11 is 0. The topological polar surface area (TPSA) is 42.0 Å². The molecule has 1 amide bonds. The van der Waals surface area contributed by atoms with Crippen LogP contribution in [0.5, 0.6) is 0 Å². The number of amides is 1. The zero-order chi connectivity index (χ0) is 15.1. The molecule has 0 aliphatic carbocycles. The molecule has 2 saturated heterocycles. The Morgan fingerprint density at radius 2 is 1.95 bits per heavy atom. The Morgan fingerprint density at radius 3 is 2.50 bits per heavy atom. The van der Waals surface area contributed by atoms with E-state index >= 15 is 0 Å². The second-order valence-electron chi connectivity index (χ2n) is 6.02. The summed E-state index contributed by atoms with van der Waals surface area (Å²) in [7, 11) is 5.13. The molecular weight excluding hydrogens is 256 g/mol. The number of methoxy groups -OCH3 is 1. The minimum Gasteiger partial charge on any atom is -0.448 e. The Morgan fingerprint density at radius 1 is 1.30 bits per heavy atom. The highest BCUT2D eigenvalue weighted by Gasteiger charge is 2.36. The van der Waals surface area contributed by atoms with Crippen molar-refractivity contribution in [3.63, 3.8) is 0 Å². The van der Waals surface area contributed by atoms with Crippen molar-refractivity contribution in [1.82, 2.24) is 9.80 Å². The SMILES string of the molecule is CN(C)C(=O)OCC1CCC2CCCN21.COC(C)C. The predicted octanol–water partition coefficient (Wildman–Crippen LogP) is 2.35. The molecule has 2 aliphatic heterocycles. The summed E-state index contributed by atoms with van der Waals surface area (Å²) in [4.78, 5) is 15.3. The number of rotatable bonds is 3. The predicted molar refractivity (Wildman–Crippen MR) is 79.9 cm³/mol. The molecule has 118 valence electrons. The van der Waals surface area contributed by atoms with E-state index in [4.69, 9.17) is 9.47 Å². The van der Waals surface area contributed by atoms with Gasteiger partial charge in [-0.3, -0.25) is 4.90 Å². The quantitative estimate of drug-likeness (QED) is 0.798. The first-order valence-corrected chi connectivity index (χ1v) is 7.58. The standard InChI is InChI=1S/C11H20N2O2.C4H10O/c1-12(2)11(14)15-8-10-6-5-9-4-3-7-13(9)10;1-4(2)5-3/h9-10H,3-8H2,1-2H3;4H,1-3H3. The smallest absolute Gasteiger partial charge is 0.409 e. The van der Waals surface area contributed by atoms with Crippen molar-refractivity contribution in [3.8, 4) is 0 Å². The number of hydrogen-bond acceptors (Lipinski definition) is 4. The molecule has 5 heteroatoms. The van der Waals surface area contributed by atoms with Crippen LogP contribution in [0.15, 0.2) is 0 Å². The molecule has 2 unspecified atom stereocenters. The van der Waals surface area contributed by atoms with E-state index in [1.807, 2.05) is 13.8 Å². The molecule has 0 bridgehead atoms. The van der Waals surface area contributed by atoms with Crippen molar-refractivity contribution in [2.24, 2.45) is 0 Å². The summed E-state index contributed by atoms with van der Waals surface area (Å²) in [6.45, 7) is 5.75. The van der Waals surface area contributed by atoms with Gasteiger partial charge in [-0.2, -0.15) is 0 Å². The van der Waals surface area contributed by atoms with Crippen molar-refractivity contribution in [3.05, 3.63) is 0 Å². The molecular formula is C15H30N2O3. The zero-order valence-electron chi connectivity index (χ0n) is 13.6. The van der Waals surface area contributed by atoms with Gasteiger partial charge in [-0.1, -0.05) is 0 Å². The van der Waals surface area contributed by atoms with Crippen LogP contribution < -0.4 is 0 Å². The van der Waals surface area contributed by atoms with Gasteiger partial charge in [0, 0.05) is 33.3 Å². The Labute approximate surface area is 123 Å². The van der Waals surface area contributed by atoms with Crippen LogP contribution in [0.25, 0.3) is 0 Å². The van der Waals surface area contributed by atoms with Gasteiger partial charge in [0.15, 0.2) is 0 Å². The molecule has 2 fully saturated rings. The zero-order valence-corrected chi connectivity index (χ0v) is 13.6. The highest BCUT2D eigenvalue weighted by molar-refractivity contribution is 5.66. The van der Waals surface area contributed by atoms with Gasteiger partial charge in [0.25, 0.3) is 0 Å². The van der Waals surface area contributed by atoms with Gasteiger partial charge in [0.05, 0.1) is 6.10 Å². The molecule has 2 rings (SSSR count). The molecule has 0 aromatic carbocycles. The molecule has 2 heterocycles. The molecule has 0 aromatic heterocycles. The lowest BCUT2D eigenvalue weighted by Crippen LogP contribution is -2.36. The fraction of sp³-hybridized carbons (Fsp3) is 0.933. The maximum Gasteiger partial charge on any atom is 0.409 e. The number of hydrogen-bond donors (Lipinski definition) is 0. The summed E-state index contributed by atoms with van der Waals surface area (Å²) in [6.07, 6.45) is 5.27. The third kappa shape index (κ3) is 5.29. The minimum atomic E-state index is -0.224. The largest absolute Gasteiger partial charge is 0.448 e. The van der Waals surface area contributed by atoms with Crippen LogP contribution >= 0.6 is 0 Å². The van der Waals surface area contributed by atoms with E-state index in [2.05, 4.69) is 4.90 Å². The lowest BCUT2D eigenvalue weighted by molar-refractivity contribution is 0.0861. The Bertz CT molecular complexity index is 295. The van der Waals surface area contributed by atoms with Gasteiger partial charge in [0.2, 0.25) is 0 Å². The monoisotopic (exact) mass is 286 g/mol. The van der Waals surface area contributed by atoms with E-state index in [0.717, 1.165) is 6.04 Å². The fourth-order valence-electron chi connectivity index (χ4n) is 2.68. The van der Waals surface area contributed by atoms with Crippen molar-refractivity contribution in [1.29, 1.82) is 0 Å². The van der Waals surface area contributed by atoms with Crippen molar-refractivity contribution < 1.29 is 14.3 Å². The van der Waals surface area contributed by atoms with Gasteiger partial charge >= 0.3 is 6.09 Å². The minimum absolute atomic E-state index is 0.224. The highest BCUT2D eigenvalue weighted by atomic mass is 16.6. The number of carbonyl (C=O) groups excluding carboxylic acids is 1. The van der Waals surface area contributed by atoms with E-state index in [1.165, 1.54) is 37.1 Å². The van der Waals surface area contributed by atoms with E-state index in [1.54, 1.807) is 21.2 Å². The summed E-state index contributed by atoms with van der Waals surface area (Å²) in [5.74, 6) is 0. The molecule has 0 aromatic rings. The van der Waals surface area contributed by atoms with Gasteiger partial charge in [0.1, 0.15) is 6.61 Å². The molecule has 0 spiro atoms. The summed E-state index contributed by atoms with van der Waals surface area (Å²) in [5, 5.41) is 0. The van der Waals surface area contributed by atoms with Crippen molar-refractivity contribution >= 4 is 6.09 Å². The summed E-state index contributed by atoms with van der Waals surface area (Å²) < 4.78 is 9.99. The highest BCUT2D eigenvalue weighted by Crippen LogP contribution is 2.32. The van der Waals surface area contributed by atoms with Crippen LogP contribution in [0.4, 0.5) is 4.79 Å². The normalized spacial score (nSPS) is 25.1. The maximum absolute atomic E-state index is 11.3. The van der Waals surface area contributed by atoms with Gasteiger partial charge in [-0.25, -0.2) is 4.79 Å². The van der Waals surface area contributed by atoms with Crippen LogP contribution in [0, 0.1) is 0 Å². The van der Waals surface area contributed by atoms with Gasteiger partial charge in [-0.05, 0) is 46.1 Å². The number of fused-ring (bicyclic) bond motifs is 1. The van der Waals surface area contributed by atoms with Crippen LogP contribution in [-0.2, 0) is 9.47 Å². The molecule has 0 radical (unpaired) electrons. The first-order valence-electron chi connectivity index (χ1n) is 7.58. The summed E-state index contributed by atoms with van der Waals surface area (Å²) in [6, 6.07) is 1.24. The molecule has 0 N–H and O–H groups in total. The van der Waals surface area contributed by atoms with Crippen LogP contribution in [-0.4, -0.2) is 68.4 Å². The number of carbonyl (C=O) groups is 1. The Kier molecular flexibility index (Phi) is 7.30. The van der Waals surface area contributed by atoms with E-state index < -0.39 is 0 Å². The van der Waals surface area contributed by atoms with Crippen molar-refractivity contribution in [2.75, 3.05) is 34.4 Å².